The molecular formula is C29H34O4. The standard InChI is InChI=1S/C29H34O4/c1-17-18(2)29(5)19(3)28(17,4)22-16-23(32-26(30)20-12-8-6-9-13-20)25(24(22)29)33-27(31)21-14-10-7-11-15-21/h6-15,17-19,22-25H,16H2,1-5H3. The van der Waals surface area contributed by atoms with Crippen LogP contribution in [0, 0.1) is 40.4 Å². The fourth-order valence-corrected chi connectivity index (χ4v) is 8.02. The van der Waals surface area contributed by atoms with Crippen LogP contribution >= 0.6 is 0 Å². The molecule has 0 aliphatic heterocycles. The van der Waals surface area contributed by atoms with Gasteiger partial charge in [-0.15, -0.1) is 0 Å². The first-order chi connectivity index (χ1) is 15.7. The summed E-state index contributed by atoms with van der Waals surface area (Å²) >= 11 is 0. The Labute approximate surface area is 196 Å². The fourth-order valence-electron chi connectivity index (χ4n) is 8.02. The molecule has 4 nitrogen and oxygen atoms in total. The van der Waals surface area contributed by atoms with E-state index in [1.54, 1.807) is 24.3 Å². The second-order valence-corrected chi connectivity index (χ2v) is 10.9. The van der Waals surface area contributed by atoms with E-state index in [2.05, 4.69) is 34.6 Å². The van der Waals surface area contributed by atoms with Crippen molar-refractivity contribution in [3.63, 3.8) is 0 Å². The largest absolute Gasteiger partial charge is 0.455 e. The molecule has 0 radical (unpaired) electrons. The summed E-state index contributed by atoms with van der Waals surface area (Å²) in [4.78, 5) is 26.1. The van der Waals surface area contributed by atoms with Gasteiger partial charge in [-0.2, -0.15) is 0 Å². The molecule has 4 heteroatoms. The number of ether oxygens (including phenoxy) is 2. The van der Waals surface area contributed by atoms with Crippen LogP contribution in [0.1, 0.15) is 61.8 Å². The van der Waals surface area contributed by atoms with Crippen molar-refractivity contribution < 1.29 is 19.1 Å². The van der Waals surface area contributed by atoms with Crippen LogP contribution in [0.15, 0.2) is 60.7 Å². The summed E-state index contributed by atoms with van der Waals surface area (Å²) in [5, 5.41) is 0. The van der Waals surface area contributed by atoms with Crippen LogP contribution in [0.3, 0.4) is 0 Å². The summed E-state index contributed by atoms with van der Waals surface area (Å²) in [5.41, 5.74) is 1.21. The van der Waals surface area contributed by atoms with Crippen molar-refractivity contribution in [3.8, 4) is 0 Å². The molecule has 2 aromatic carbocycles. The topological polar surface area (TPSA) is 52.6 Å². The van der Waals surface area contributed by atoms with Crippen molar-refractivity contribution in [1.29, 1.82) is 0 Å². The number of benzene rings is 2. The van der Waals surface area contributed by atoms with Crippen LogP contribution in [-0.4, -0.2) is 24.1 Å². The van der Waals surface area contributed by atoms with Gasteiger partial charge in [-0.1, -0.05) is 71.0 Å². The molecule has 33 heavy (non-hydrogen) atoms. The second kappa shape index (κ2) is 7.72. The van der Waals surface area contributed by atoms with Gasteiger partial charge in [0.2, 0.25) is 0 Å². The molecule has 3 saturated carbocycles. The second-order valence-electron chi connectivity index (χ2n) is 10.9. The highest BCUT2D eigenvalue weighted by Gasteiger charge is 2.76. The van der Waals surface area contributed by atoms with Gasteiger partial charge in [-0.3, -0.25) is 0 Å². The molecule has 0 aromatic heterocycles. The van der Waals surface area contributed by atoms with Crippen LogP contribution in [-0.2, 0) is 9.47 Å². The summed E-state index contributed by atoms with van der Waals surface area (Å²) in [6.07, 6.45) is -0.146. The van der Waals surface area contributed by atoms with Gasteiger partial charge in [-0.05, 0) is 65.2 Å². The van der Waals surface area contributed by atoms with E-state index in [1.165, 1.54) is 0 Å². The zero-order valence-electron chi connectivity index (χ0n) is 20.2. The Morgan fingerprint density at radius 1 is 0.758 bits per heavy atom. The van der Waals surface area contributed by atoms with Crippen molar-refractivity contribution in [2.24, 2.45) is 40.4 Å². The number of carbonyl (C=O) groups excluding carboxylic acids is 2. The molecule has 9 unspecified atom stereocenters. The zero-order valence-corrected chi connectivity index (χ0v) is 20.2. The van der Waals surface area contributed by atoms with E-state index in [-0.39, 0.29) is 28.7 Å². The van der Waals surface area contributed by atoms with Crippen molar-refractivity contribution in [1.82, 2.24) is 0 Å². The van der Waals surface area contributed by atoms with E-state index in [0.717, 1.165) is 6.42 Å². The number of hydrogen-bond acceptors (Lipinski definition) is 4. The Hall–Kier alpha value is -2.62. The smallest absolute Gasteiger partial charge is 0.338 e. The molecule has 3 aliphatic rings. The van der Waals surface area contributed by atoms with Crippen LogP contribution in [0.5, 0.6) is 0 Å². The van der Waals surface area contributed by atoms with Crippen molar-refractivity contribution in [2.45, 2.75) is 53.2 Å². The minimum Gasteiger partial charge on any atom is -0.455 e. The van der Waals surface area contributed by atoms with Crippen LogP contribution < -0.4 is 0 Å². The van der Waals surface area contributed by atoms with E-state index in [0.29, 0.717) is 34.8 Å². The third kappa shape index (κ3) is 3.02. The highest BCUT2D eigenvalue weighted by Crippen LogP contribution is 2.78. The highest BCUT2D eigenvalue weighted by atomic mass is 16.6. The molecule has 0 saturated heterocycles. The highest BCUT2D eigenvalue weighted by molar-refractivity contribution is 5.90. The molecule has 9 atom stereocenters. The van der Waals surface area contributed by atoms with Gasteiger partial charge in [0.05, 0.1) is 11.1 Å². The number of carbonyl (C=O) groups is 2. The monoisotopic (exact) mass is 446 g/mol. The molecule has 2 aromatic rings. The molecule has 3 fully saturated rings. The lowest BCUT2D eigenvalue weighted by molar-refractivity contribution is -0.0688. The van der Waals surface area contributed by atoms with Gasteiger partial charge in [0, 0.05) is 5.92 Å². The Morgan fingerprint density at radius 3 is 1.79 bits per heavy atom. The lowest BCUT2D eigenvalue weighted by Crippen LogP contribution is -2.46. The molecule has 3 aliphatic carbocycles. The lowest BCUT2D eigenvalue weighted by Gasteiger charge is -2.46. The SMILES string of the molecule is CC1C(C)C2(C)C3C(OC(=O)c4ccccc4)C(OC(=O)c4ccccc4)CC3C1(C)C2C. The first-order valence-electron chi connectivity index (χ1n) is 12.2. The van der Waals surface area contributed by atoms with E-state index < -0.39 is 12.2 Å². The molecule has 2 bridgehead atoms. The Morgan fingerprint density at radius 2 is 1.24 bits per heavy atom. The number of fused-ring (bicyclic) bond motifs is 5. The van der Waals surface area contributed by atoms with Crippen LogP contribution in [0.25, 0.3) is 0 Å². The summed E-state index contributed by atoms with van der Waals surface area (Å²) in [6, 6.07) is 18.2. The fraction of sp³-hybridized carbons (Fsp3) is 0.517. The minimum absolute atomic E-state index is 0.0222. The van der Waals surface area contributed by atoms with Gasteiger partial charge in [0.15, 0.2) is 0 Å². The summed E-state index contributed by atoms with van der Waals surface area (Å²) < 4.78 is 12.3. The van der Waals surface area contributed by atoms with E-state index >= 15 is 0 Å². The van der Waals surface area contributed by atoms with Crippen molar-refractivity contribution in [3.05, 3.63) is 71.8 Å². The maximum absolute atomic E-state index is 13.1. The summed E-state index contributed by atoms with van der Waals surface area (Å²) in [5.74, 6) is 1.41. The van der Waals surface area contributed by atoms with E-state index in [9.17, 15) is 9.59 Å². The third-order valence-corrected chi connectivity index (χ3v) is 10.3. The average Bonchev–Trinajstić information content (AvgIpc) is 3.32. The lowest BCUT2D eigenvalue weighted by atomic mass is 9.59. The first kappa shape index (κ1) is 22.2. The molecule has 0 amide bonds. The number of rotatable bonds is 4. The summed E-state index contributed by atoms with van der Waals surface area (Å²) in [6.45, 7) is 11.9. The van der Waals surface area contributed by atoms with Crippen LogP contribution in [0.4, 0.5) is 0 Å². The number of esters is 2. The predicted octanol–water partition coefficient (Wildman–Crippen LogP) is 6.02. The Balaban J connectivity index is 1.50. The maximum atomic E-state index is 13.1. The first-order valence-corrected chi connectivity index (χ1v) is 12.2. The quantitative estimate of drug-likeness (QED) is 0.539. The molecule has 174 valence electrons. The van der Waals surface area contributed by atoms with Crippen molar-refractivity contribution in [2.75, 3.05) is 0 Å². The molecule has 0 heterocycles. The normalized spacial score (nSPS) is 40.9. The molecule has 5 rings (SSSR count). The van der Waals surface area contributed by atoms with E-state index in [1.807, 2.05) is 36.4 Å². The van der Waals surface area contributed by atoms with Gasteiger partial charge in [-0.25, -0.2) is 9.59 Å². The number of hydrogen-bond donors (Lipinski definition) is 0. The van der Waals surface area contributed by atoms with Gasteiger partial charge in [0.1, 0.15) is 12.2 Å². The molecular weight excluding hydrogens is 412 g/mol. The average molecular weight is 447 g/mol. The van der Waals surface area contributed by atoms with Gasteiger partial charge < -0.3 is 9.47 Å². The zero-order chi connectivity index (χ0) is 23.5. The van der Waals surface area contributed by atoms with Crippen molar-refractivity contribution >= 4 is 11.9 Å². The van der Waals surface area contributed by atoms with Gasteiger partial charge >= 0.3 is 11.9 Å². The van der Waals surface area contributed by atoms with E-state index in [4.69, 9.17) is 9.47 Å². The van der Waals surface area contributed by atoms with Crippen LogP contribution in [0.2, 0.25) is 0 Å². The minimum atomic E-state index is -0.445. The molecule has 0 spiro atoms. The molecule has 0 N–H and O–H groups in total. The predicted molar refractivity (Wildman–Crippen MR) is 127 cm³/mol. The summed E-state index contributed by atoms with van der Waals surface area (Å²) in [7, 11) is 0. The Kier molecular flexibility index (Phi) is 5.19. The Bertz CT molecular complexity index is 1050. The van der Waals surface area contributed by atoms with Gasteiger partial charge in [0.25, 0.3) is 0 Å². The maximum Gasteiger partial charge on any atom is 0.338 e. The third-order valence-electron chi connectivity index (χ3n) is 10.3.